The highest BCUT2D eigenvalue weighted by molar-refractivity contribution is 6.07. The fraction of sp³-hybridized carbons (Fsp3) is 0.286. The van der Waals surface area contributed by atoms with Crippen LogP contribution in [-0.4, -0.2) is 37.1 Å². The molecule has 6 heteroatoms. The van der Waals surface area contributed by atoms with Crippen molar-refractivity contribution in [3.63, 3.8) is 0 Å². The minimum absolute atomic E-state index is 0.0703. The number of carbonyl (C=O) groups is 3. The van der Waals surface area contributed by atoms with Crippen molar-refractivity contribution in [3.05, 3.63) is 60.2 Å². The summed E-state index contributed by atoms with van der Waals surface area (Å²) in [7, 11) is 0. The Bertz CT molecular complexity index is 770. The van der Waals surface area contributed by atoms with Crippen LogP contribution >= 0.6 is 0 Å². The fourth-order valence-corrected chi connectivity index (χ4v) is 2.87. The van der Waals surface area contributed by atoms with E-state index in [1.54, 1.807) is 13.8 Å². The van der Waals surface area contributed by atoms with Crippen molar-refractivity contribution in [1.82, 2.24) is 5.32 Å². The summed E-state index contributed by atoms with van der Waals surface area (Å²) >= 11 is 0. The molecular weight excluding hydrogens is 346 g/mol. The maximum absolute atomic E-state index is 12.7. The third-order valence-electron chi connectivity index (χ3n) is 4.11. The van der Waals surface area contributed by atoms with Crippen molar-refractivity contribution in [2.45, 2.75) is 25.8 Å². The molecule has 0 radical (unpaired) electrons. The summed E-state index contributed by atoms with van der Waals surface area (Å²) in [6, 6.07) is 17.0. The van der Waals surface area contributed by atoms with Gasteiger partial charge in [0.25, 0.3) is 0 Å². The summed E-state index contributed by atoms with van der Waals surface area (Å²) in [5, 5.41) is 2.36. The highest BCUT2D eigenvalue weighted by atomic mass is 16.6. The van der Waals surface area contributed by atoms with Crippen LogP contribution in [0.3, 0.4) is 0 Å². The second kappa shape index (κ2) is 9.52. The largest absolute Gasteiger partial charge is 0.464 e. The van der Waals surface area contributed by atoms with Gasteiger partial charge in [0, 0.05) is 6.42 Å². The smallest absolute Gasteiger partial charge is 0.344 e. The van der Waals surface area contributed by atoms with Crippen molar-refractivity contribution in [2.75, 3.05) is 13.2 Å². The Kier molecular flexibility index (Phi) is 7.11. The lowest BCUT2D eigenvalue weighted by Crippen LogP contribution is -2.61. The molecule has 0 aliphatic heterocycles. The molecule has 0 unspecified atom stereocenters. The van der Waals surface area contributed by atoms with E-state index in [4.69, 9.17) is 9.47 Å². The van der Waals surface area contributed by atoms with E-state index in [0.717, 1.165) is 11.1 Å². The number of hydrogen-bond donors (Lipinski definition) is 1. The summed E-state index contributed by atoms with van der Waals surface area (Å²) in [5.74, 6) is -1.70. The van der Waals surface area contributed by atoms with Crippen molar-refractivity contribution in [1.29, 1.82) is 0 Å². The van der Waals surface area contributed by atoms with Crippen LogP contribution in [0, 0.1) is 0 Å². The van der Waals surface area contributed by atoms with Crippen molar-refractivity contribution in [2.24, 2.45) is 0 Å². The van der Waals surface area contributed by atoms with Gasteiger partial charge in [0.2, 0.25) is 11.9 Å². The van der Waals surface area contributed by atoms with Gasteiger partial charge in [0.1, 0.15) is 0 Å². The summed E-state index contributed by atoms with van der Waals surface area (Å²) in [5.41, 5.74) is 0.544. The predicted molar refractivity (Wildman–Crippen MR) is 101 cm³/mol. The van der Waals surface area contributed by atoms with Gasteiger partial charge >= 0.3 is 11.9 Å². The SMILES string of the molecule is CCOC(=O)C(Cc1ccccc1-c1ccccc1)(NC=O)C(=O)OCC. The molecule has 0 bridgehead atoms. The lowest BCUT2D eigenvalue weighted by Gasteiger charge is -2.29. The number of esters is 2. The number of hydrogen-bond acceptors (Lipinski definition) is 5. The Labute approximate surface area is 158 Å². The lowest BCUT2D eigenvalue weighted by molar-refractivity contribution is -0.167. The molecule has 0 atom stereocenters. The Hall–Kier alpha value is -3.15. The van der Waals surface area contributed by atoms with Crippen molar-refractivity contribution >= 4 is 18.3 Å². The van der Waals surface area contributed by atoms with Gasteiger partial charge in [-0.3, -0.25) is 4.79 Å². The van der Waals surface area contributed by atoms with E-state index in [-0.39, 0.29) is 19.6 Å². The Morgan fingerprint density at radius 3 is 2.04 bits per heavy atom. The third kappa shape index (κ3) is 4.53. The molecule has 0 aromatic heterocycles. The quantitative estimate of drug-likeness (QED) is 0.417. The third-order valence-corrected chi connectivity index (χ3v) is 4.11. The highest BCUT2D eigenvalue weighted by Crippen LogP contribution is 2.28. The van der Waals surface area contributed by atoms with Crippen molar-refractivity contribution in [3.8, 4) is 11.1 Å². The highest BCUT2D eigenvalue weighted by Gasteiger charge is 2.49. The Morgan fingerprint density at radius 1 is 0.926 bits per heavy atom. The molecule has 1 amide bonds. The van der Waals surface area contributed by atoms with Gasteiger partial charge in [-0.25, -0.2) is 9.59 Å². The maximum atomic E-state index is 12.7. The van der Waals surface area contributed by atoms with Crippen LogP contribution in [0.1, 0.15) is 19.4 Å². The molecule has 0 saturated carbocycles. The van der Waals surface area contributed by atoms with E-state index in [1.807, 2.05) is 54.6 Å². The molecule has 0 saturated heterocycles. The van der Waals surface area contributed by atoms with Gasteiger partial charge in [-0.15, -0.1) is 0 Å². The molecule has 1 N–H and O–H groups in total. The topological polar surface area (TPSA) is 81.7 Å². The second-order valence-electron chi connectivity index (χ2n) is 5.81. The van der Waals surface area contributed by atoms with Gasteiger partial charge in [-0.1, -0.05) is 54.6 Å². The van der Waals surface area contributed by atoms with Crippen LogP contribution < -0.4 is 5.32 Å². The molecule has 142 valence electrons. The van der Waals surface area contributed by atoms with Crippen LogP contribution in [0.15, 0.2) is 54.6 Å². The molecule has 0 fully saturated rings. The molecule has 27 heavy (non-hydrogen) atoms. The summed E-state index contributed by atoms with van der Waals surface area (Å²) in [6.07, 6.45) is 0.230. The lowest BCUT2D eigenvalue weighted by atomic mass is 9.86. The normalized spacial score (nSPS) is 10.7. The van der Waals surface area contributed by atoms with E-state index in [0.29, 0.717) is 12.0 Å². The van der Waals surface area contributed by atoms with Gasteiger partial charge < -0.3 is 14.8 Å². The molecule has 2 aromatic rings. The van der Waals surface area contributed by atoms with Crippen LogP contribution in [0.2, 0.25) is 0 Å². The molecule has 0 aliphatic carbocycles. The zero-order valence-electron chi connectivity index (χ0n) is 15.4. The van der Waals surface area contributed by atoms with Gasteiger partial charge in [0.05, 0.1) is 13.2 Å². The van der Waals surface area contributed by atoms with Gasteiger partial charge in [-0.2, -0.15) is 0 Å². The van der Waals surface area contributed by atoms with E-state index in [1.165, 1.54) is 0 Å². The van der Waals surface area contributed by atoms with Crippen molar-refractivity contribution < 1.29 is 23.9 Å². The minimum Gasteiger partial charge on any atom is -0.464 e. The zero-order chi connectivity index (χ0) is 19.7. The van der Waals surface area contributed by atoms with E-state index in [2.05, 4.69) is 5.32 Å². The predicted octanol–water partition coefficient (Wildman–Crippen LogP) is 2.51. The van der Waals surface area contributed by atoms with Crippen LogP contribution in [0.4, 0.5) is 0 Å². The Balaban J connectivity index is 2.54. The maximum Gasteiger partial charge on any atom is 0.344 e. The molecular formula is C21H23NO5. The van der Waals surface area contributed by atoms with Gasteiger partial charge in [-0.05, 0) is 30.5 Å². The van der Waals surface area contributed by atoms with Crippen LogP contribution in [0.5, 0.6) is 0 Å². The van der Waals surface area contributed by atoms with Crippen LogP contribution in [0.25, 0.3) is 11.1 Å². The van der Waals surface area contributed by atoms with E-state index < -0.39 is 17.5 Å². The summed E-state index contributed by atoms with van der Waals surface area (Å²) in [6.45, 7) is 3.40. The first-order chi connectivity index (χ1) is 13.1. The first-order valence-electron chi connectivity index (χ1n) is 8.78. The van der Waals surface area contributed by atoms with Gasteiger partial charge in [0.15, 0.2) is 0 Å². The number of carbonyl (C=O) groups excluding carboxylic acids is 3. The molecule has 2 rings (SSSR count). The van der Waals surface area contributed by atoms with Crippen LogP contribution in [-0.2, 0) is 30.3 Å². The number of ether oxygens (including phenoxy) is 2. The Morgan fingerprint density at radius 2 is 1.48 bits per heavy atom. The first-order valence-corrected chi connectivity index (χ1v) is 8.78. The number of nitrogens with one attached hydrogen (secondary N) is 1. The molecule has 0 aliphatic rings. The summed E-state index contributed by atoms with van der Waals surface area (Å²) < 4.78 is 10.2. The molecule has 0 heterocycles. The number of benzene rings is 2. The van der Waals surface area contributed by atoms with E-state index >= 15 is 0 Å². The summed E-state index contributed by atoms with van der Waals surface area (Å²) in [4.78, 5) is 36.6. The first kappa shape index (κ1) is 20.2. The average molecular weight is 369 g/mol. The fourth-order valence-electron chi connectivity index (χ4n) is 2.87. The molecule has 2 aromatic carbocycles. The minimum atomic E-state index is -1.95. The average Bonchev–Trinajstić information content (AvgIpc) is 2.69. The molecule has 6 nitrogen and oxygen atoms in total. The second-order valence-corrected chi connectivity index (χ2v) is 5.81. The molecule has 0 spiro atoms. The zero-order valence-corrected chi connectivity index (χ0v) is 15.4. The number of rotatable bonds is 9. The number of amides is 1. The van der Waals surface area contributed by atoms with E-state index in [9.17, 15) is 14.4 Å². The monoisotopic (exact) mass is 369 g/mol. The standard InChI is InChI=1S/C21H23NO5/c1-3-26-19(24)21(22-15-23,20(25)27-4-2)14-17-12-8-9-13-18(17)16-10-6-5-7-11-16/h5-13,15H,3-4,14H2,1-2H3,(H,22,23).